The average molecular weight is 401 g/mol. The zero-order valence-electron chi connectivity index (χ0n) is 17.0. The molecule has 2 aromatic heterocycles. The first kappa shape index (κ1) is 18.4. The van der Waals surface area contributed by atoms with Gasteiger partial charge in [0.2, 0.25) is 5.95 Å². The highest BCUT2D eigenvalue weighted by molar-refractivity contribution is 5.99. The number of benzene rings is 2. The highest BCUT2D eigenvalue weighted by atomic mass is 16.5. The van der Waals surface area contributed by atoms with Gasteiger partial charge in [0, 0.05) is 29.5 Å². The lowest BCUT2D eigenvalue weighted by Gasteiger charge is -2.16. The summed E-state index contributed by atoms with van der Waals surface area (Å²) in [5, 5.41) is 1.85. The number of hydrogen-bond donors (Lipinski definition) is 2. The first-order chi connectivity index (χ1) is 14.4. The second-order valence-corrected chi connectivity index (χ2v) is 7.95. The van der Waals surface area contributed by atoms with Gasteiger partial charge in [-0.25, -0.2) is 4.98 Å². The molecule has 0 spiro atoms. The van der Waals surface area contributed by atoms with E-state index in [1.807, 2.05) is 12.1 Å². The Morgan fingerprint density at radius 3 is 2.90 bits per heavy atom. The Bertz CT molecular complexity index is 1320. The summed E-state index contributed by atoms with van der Waals surface area (Å²) in [7, 11) is 0. The molecule has 0 fully saturated rings. The fourth-order valence-corrected chi connectivity index (χ4v) is 4.40. The van der Waals surface area contributed by atoms with E-state index in [2.05, 4.69) is 45.9 Å². The maximum Gasteiger partial charge on any atom is 0.222 e. The highest BCUT2D eigenvalue weighted by Gasteiger charge is 2.29. The van der Waals surface area contributed by atoms with Crippen LogP contribution in [0.4, 0.5) is 11.8 Å². The summed E-state index contributed by atoms with van der Waals surface area (Å²) in [6.45, 7) is 4.35. The Labute approximate surface area is 173 Å². The van der Waals surface area contributed by atoms with Crippen LogP contribution in [0.5, 0.6) is 5.75 Å². The van der Waals surface area contributed by atoms with Crippen LogP contribution < -0.4 is 16.2 Å². The molecule has 4 aromatic rings. The van der Waals surface area contributed by atoms with Crippen molar-refractivity contribution in [3.63, 3.8) is 0 Å². The summed E-state index contributed by atoms with van der Waals surface area (Å²) in [4.78, 5) is 20.0. The molecule has 0 bridgehead atoms. The van der Waals surface area contributed by atoms with Gasteiger partial charge in [-0.3, -0.25) is 0 Å². The first-order valence-corrected chi connectivity index (χ1v) is 10.0. The van der Waals surface area contributed by atoms with E-state index in [9.17, 15) is 4.79 Å². The smallest absolute Gasteiger partial charge is 0.222 e. The van der Waals surface area contributed by atoms with E-state index in [1.165, 1.54) is 5.56 Å². The van der Waals surface area contributed by atoms with Gasteiger partial charge in [0.05, 0.1) is 28.7 Å². The first-order valence-electron chi connectivity index (χ1n) is 10.0. The standard InChI is InChI=1S/C23H23N5O2/c1-12-11-30-21-19(12)18(10-16-20(21)22(24)27-23(25)26-16)28-9-8-15-14(7-6-13(2)29)4-3-5-17(15)28/h3-5,8-10,12H,6-7,11H2,1-2H3,(H4,24,25,26,27). The van der Waals surface area contributed by atoms with Gasteiger partial charge in [-0.2, -0.15) is 4.98 Å². The number of ether oxygens (including phenoxy) is 1. The fourth-order valence-electron chi connectivity index (χ4n) is 4.40. The molecule has 4 N–H and O–H groups in total. The Hall–Kier alpha value is -3.61. The van der Waals surface area contributed by atoms with Crippen LogP contribution in [0.15, 0.2) is 36.5 Å². The van der Waals surface area contributed by atoms with Crippen LogP contribution in [0.25, 0.3) is 27.5 Å². The summed E-state index contributed by atoms with van der Waals surface area (Å²) in [6.07, 6.45) is 3.32. The predicted octanol–water partition coefficient (Wildman–Crippen LogP) is 3.76. The van der Waals surface area contributed by atoms with Gasteiger partial charge in [-0.15, -0.1) is 0 Å². The van der Waals surface area contributed by atoms with Gasteiger partial charge < -0.3 is 25.6 Å². The zero-order valence-corrected chi connectivity index (χ0v) is 17.0. The van der Waals surface area contributed by atoms with Crippen LogP contribution in [-0.2, 0) is 11.2 Å². The molecule has 5 rings (SSSR count). The number of fused-ring (bicyclic) bond motifs is 4. The van der Waals surface area contributed by atoms with Gasteiger partial charge >= 0.3 is 0 Å². The molecule has 0 radical (unpaired) electrons. The lowest BCUT2D eigenvalue weighted by atomic mass is 9.98. The van der Waals surface area contributed by atoms with Crippen LogP contribution in [0.3, 0.4) is 0 Å². The quantitative estimate of drug-likeness (QED) is 0.539. The number of carbonyl (C=O) groups excluding carboxylic acids is 1. The minimum Gasteiger partial charge on any atom is -0.492 e. The van der Waals surface area contributed by atoms with Crippen molar-refractivity contribution in [3.05, 3.63) is 47.7 Å². The summed E-state index contributed by atoms with van der Waals surface area (Å²) in [5.41, 5.74) is 17.0. The van der Waals surface area contributed by atoms with E-state index in [1.54, 1.807) is 6.92 Å². The van der Waals surface area contributed by atoms with Gasteiger partial charge in [-0.1, -0.05) is 19.1 Å². The van der Waals surface area contributed by atoms with Crippen LogP contribution >= 0.6 is 0 Å². The van der Waals surface area contributed by atoms with Crippen molar-refractivity contribution in [2.75, 3.05) is 18.1 Å². The van der Waals surface area contributed by atoms with Crippen molar-refractivity contribution in [2.45, 2.75) is 32.6 Å². The van der Waals surface area contributed by atoms with Gasteiger partial charge in [0.15, 0.2) is 0 Å². The SMILES string of the molecule is CC(=O)CCc1cccc2c1ccn2-c1cc2nc(N)nc(N)c2c2c1C(C)CO2. The molecule has 0 aliphatic carbocycles. The van der Waals surface area contributed by atoms with Crippen molar-refractivity contribution in [1.29, 1.82) is 0 Å². The monoisotopic (exact) mass is 401 g/mol. The maximum absolute atomic E-state index is 11.5. The number of aryl methyl sites for hydroxylation is 1. The predicted molar refractivity (Wildman–Crippen MR) is 118 cm³/mol. The Morgan fingerprint density at radius 2 is 2.10 bits per heavy atom. The van der Waals surface area contributed by atoms with E-state index < -0.39 is 0 Å². The number of rotatable bonds is 4. The van der Waals surface area contributed by atoms with Gasteiger partial charge in [0.25, 0.3) is 0 Å². The number of carbonyl (C=O) groups is 1. The summed E-state index contributed by atoms with van der Waals surface area (Å²) in [6, 6.07) is 10.3. The molecule has 7 nitrogen and oxygen atoms in total. The number of anilines is 2. The molecule has 0 saturated heterocycles. The number of ketones is 1. The van der Waals surface area contributed by atoms with Gasteiger partial charge in [-0.05, 0) is 37.1 Å². The number of aromatic nitrogens is 3. The molecular formula is C23H23N5O2. The largest absolute Gasteiger partial charge is 0.492 e. The molecule has 7 heteroatoms. The molecule has 3 heterocycles. The summed E-state index contributed by atoms with van der Waals surface area (Å²) in [5.74, 6) is 1.61. The number of hydrogen-bond acceptors (Lipinski definition) is 6. The van der Waals surface area contributed by atoms with Crippen LogP contribution in [0.1, 0.15) is 37.3 Å². The molecule has 30 heavy (non-hydrogen) atoms. The second-order valence-electron chi connectivity index (χ2n) is 7.95. The molecular weight excluding hydrogens is 378 g/mol. The summed E-state index contributed by atoms with van der Waals surface area (Å²) >= 11 is 0. The molecule has 1 aliphatic heterocycles. The minimum atomic E-state index is 0.140. The number of Topliss-reactive ketones (excluding diaryl/α,β-unsaturated/α-hetero) is 1. The number of nitrogens with zero attached hydrogens (tertiary/aromatic N) is 3. The average Bonchev–Trinajstić information content (AvgIpc) is 3.29. The summed E-state index contributed by atoms with van der Waals surface area (Å²) < 4.78 is 8.19. The lowest BCUT2D eigenvalue weighted by Crippen LogP contribution is -2.04. The minimum absolute atomic E-state index is 0.140. The number of nitrogen functional groups attached to an aromatic ring is 2. The number of nitrogens with two attached hydrogens (primary N) is 2. The Morgan fingerprint density at radius 1 is 1.27 bits per heavy atom. The molecule has 1 unspecified atom stereocenters. The topological polar surface area (TPSA) is 109 Å². The molecule has 2 aromatic carbocycles. The molecule has 0 amide bonds. The van der Waals surface area contributed by atoms with E-state index in [0.29, 0.717) is 29.7 Å². The van der Waals surface area contributed by atoms with Crippen LogP contribution in [0, 0.1) is 0 Å². The van der Waals surface area contributed by atoms with E-state index in [-0.39, 0.29) is 17.6 Å². The maximum atomic E-state index is 11.5. The van der Waals surface area contributed by atoms with E-state index >= 15 is 0 Å². The Balaban J connectivity index is 1.76. The van der Waals surface area contributed by atoms with Crippen LogP contribution in [0.2, 0.25) is 0 Å². The fraction of sp³-hybridized carbons (Fsp3) is 0.261. The molecule has 152 valence electrons. The zero-order chi connectivity index (χ0) is 21.0. The van der Waals surface area contributed by atoms with E-state index in [0.717, 1.165) is 34.3 Å². The van der Waals surface area contributed by atoms with Crippen molar-refractivity contribution in [2.24, 2.45) is 0 Å². The van der Waals surface area contributed by atoms with Crippen molar-refractivity contribution in [1.82, 2.24) is 14.5 Å². The second kappa shape index (κ2) is 6.73. The van der Waals surface area contributed by atoms with Gasteiger partial charge in [0.1, 0.15) is 17.4 Å². The Kier molecular flexibility index (Phi) is 4.13. The third kappa shape index (κ3) is 2.77. The third-order valence-corrected chi connectivity index (χ3v) is 5.80. The molecule has 1 aliphatic rings. The van der Waals surface area contributed by atoms with Crippen LogP contribution in [-0.4, -0.2) is 26.9 Å². The lowest BCUT2D eigenvalue weighted by molar-refractivity contribution is -0.116. The van der Waals surface area contributed by atoms with E-state index in [4.69, 9.17) is 16.2 Å². The highest BCUT2D eigenvalue weighted by Crippen LogP contribution is 2.45. The third-order valence-electron chi connectivity index (χ3n) is 5.80. The van der Waals surface area contributed by atoms with Crippen molar-refractivity contribution in [3.8, 4) is 11.4 Å². The normalized spacial score (nSPS) is 15.5. The molecule has 0 saturated carbocycles. The molecule has 1 atom stereocenters. The van der Waals surface area contributed by atoms with Crippen molar-refractivity contribution < 1.29 is 9.53 Å². The van der Waals surface area contributed by atoms with Crippen molar-refractivity contribution >= 4 is 39.4 Å².